The number of hydrogen-bond donors (Lipinski definition) is 1. The zero-order valence-corrected chi connectivity index (χ0v) is 24.8. The van der Waals surface area contributed by atoms with Crippen LogP contribution >= 0.6 is 18.6 Å². The van der Waals surface area contributed by atoms with Gasteiger partial charge in [0.1, 0.15) is 0 Å². The van der Waals surface area contributed by atoms with Crippen LogP contribution in [0, 0.1) is 5.92 Å². The Hall–Kier alpha value is -0.579. The Labute approximate surface area is 215 Å². The first-order valence-electron chi connectivity index (χ1n) is 13.2. The minimum atomic E-state index is -4.56. The third kappa shape index (κ3) is 5.39. The summed E-state index contributed by atoms with van der Waals surface area (Å²) in [6.07, 6.45) is 12.0. The van der Waals surface area contributed by atoms with Gasteiger partial charge >= 0.3 is 216 Å². The molecule has 34 heavy (non-hydrogen) atoms. The molecular formula is C28H39Cl2NOSiTi. The van der Waals surface area contributed by atoms with E-state index in [1.54, 1.807) is 0 Å². The molecule has 2 aliphatic rings. The van der Waals surface area contributed by atoms with E-state index >= 15 is 0 Å². The number of carbonyl (C=O) groups excluding carboxylic acids is 1. The van der Waals surface area contributed by atoms with Crippen molar-refractivity contribution in [3.63, 3.8) is 0 Å². The van der Waals surface area contributed by atoms with Gasteiger partial charge in [-0.05, 0) is 0 Å². The molecule has 2 nitrogen and oxygen atoms in total. The molecule has 0 aliphatic heterocycles. The molecular weight excluding hydrogens is 513 g/mol. The third-order valence-corrected chi connectivity index (χ3v) is 35.8. The summed E-state index contributed by atoms with van der Waals surface area (Å²) in [6.45, 7) is 4.40. The van der Waals surface area contributed by atoms with Crippen molar-refractivity contribution in [1.29, 1.82) is 0 Å². The van der Waals surface area contributed by atoms with Crippen LogP contribution in [-0.4, -0.2) is 12.1 Å². The Morgan fingerprint density at radius 3 is 1.62 bits per heavy atom. The van der Waals surface area contributed by atoms with E-state index in [-0.39, 0.29) is 16.0 Å². The van der Waals surface area contributed by atoms with Crippen molar-refractivity contribution in [3.05, 3.63) is 59.7 Å². The number of rotatable bonds is 3. The van der Waals surface area contributed by atoms with Gasteiger partial charge in [-0.15, -0.1) is 0 Å². The van der Waals surface area contributed by atoms with Crippen molar-refractivity contribution in [2.24, 2.45) is 5.92 Å². The van der Waals surface area contributed by atoms with Crippen molar-refractivity contribution in [2.75, 3.05) is 0 Å². The molecule has 0 heterocycles. The van der Waals surface area contributed by atoms with Gasteiger partial charge < -0.3 is 0 Å². The van der Waals surface area contributed by atoms with Gasteiger partial charge in [0.25, 0.3) is 0 Å². The van der Waals surface area contributed by atoms with Crippen LogP contribution in [0.5, 0.6) is 0 Å². The molecule has 0 bridgehead atoms. The molecule has 1 saturated carbocycles. The zero-order valence-electron chi connectivity index (χ0n) is 20.7. The van der Waals surface area contributed by atoms with E-state index in [1.165, 1.54) is 67.2 Å². The summed E-state index contributed by atoms with van der Waals surface area (Å²) in [5.74, 6) is 0.139. The molecule has 184 valence electrons. The summed E-state index contributed by atoms with van der Waals surface area (Å²) in [4.78, 5) is 13.9. The quantitative estimate of drug-likeness (QED) is 0.379. The van der Waals surface area contributed by atoms with E-state index in [2.05, 4.69) is 65.4 Å². The Morgan fingerprint density at radius 1 is 0.765 bits per heavy atom. The standard InChI is InChI=1S/C13H25NO.C13H9.C2H6Si.2ClH.Ti/c14-13(15)12-10-8-6-4-2-1-3-5-7-9-11-12;1-3-7-12-10(5-1)9-11-6-2-4-8-13(11)12;1-3-2;;;/h12H,1-11H2,(H2,14,15);1-9H;1-2H3;2*1H;/q;;;;;+3/p-3. The average molecular weight is 552 g/mol. The number of carbonyl (C=O) groups is 1. The van der Waals surface area contributed by atoms with Crippen LogP contribution in [0.15, 0.2) is 48.5 Å². The van der Waals surface area contributed by atoms with Crippen LogP contribution in [-0.2, 0) is 17.0 Å². The fraction of sp³-hybridized carbons (Fsp3) is 0.536. The van der Waals surface area contributed by atoms with Crippen LogP contribution < -0.4 is 3.80 Å². The summed E-state index contributed by atoms with van der Waals surface area (Å²) in [5.41, 5.74) is 4.80. The molecule has 6 heteroatoms. The van der Waals surface area contributed by atoms with E-state index < -0.39 is 18.4 Å². The normalized spacial score (nSPS) is 18.9. The maximum absolute atomic E-state index is 13.9. The summed E-state index contributed by atoms with van der Waals surface area (Å²) in [6, 6.07) is 17.0. The molecule has 2 aromatic rings. The van der Waals surface area contributed by atoms with E-state index in [0.29, 0.717) is 0 Å². The van der Waals surface area contributed by atoms with Crippen LogP contribution in [0.4, 0.5) is 0 Å². The predicted molar refractivity (Wildman–Crippen MR) is 145 cm³/mol. The molecule has 0 unspecified atom stereocenters. The van der Waals surface area contributed by atoms with Gasteiger partial charge in [0, 0.05) is 0 Å². The molecule has 1 fully saturated rings. The zero-order chi connectivity index (χ0) is 24.2. The van der Waals surface area contributed by atoms with Gasteiger partial charge in [0.15, 0.2) is 0 Å². The summed E-state index contributed by atoms with van der Waals surface area (Å²) in [7, 11) is 15.5. The summed E-state index contributed by atoms with van der Waals surface area (Å²) < 4.78 is 3.40. The molecule has 0 spiro atoms. The molecule has 4 rings (SSSR count). The van der Waals surface area contributed by atoms with E-state index in [0.717, 1.165) is 25.7 Å². The van der Waals surface area contributed by atoms with Crippen molar-refractivity contribution in [1.82, 2.24) is 3.80 Å². The number of fused-ring (bicyclic) bond motifs is 3. The molecule has 0 radical (unpaired) electrons. The maximum atomic E-state index is 13.9. The Bertz CT molecular complexity index is 1050. The first-order valence-corrected chi connectivity index (χ1v) is 24.0. The SMILES string of the molecule is C[Si](C)=[Ti]([Cl])([Cl])([NH]C(=O)C1CCCCCCCCCCC1)[CH]1c2ccccc2-c2ccccc21. The van der Waals surface area contributed by atoms with Gasteiger partial charge in [0.05, 0.1) is 0 Å². The molecule has 0 aromatic heterocycles. The van der Waals surface area contributed by atoms with E-state index in [4.69, 9.17) is 18.6 Å². The summed E-state index contributed by atoms with van der Waals surface area (Å²) >= 11 is -4.56. The van der Waals surface area contributed by atoms with Gasteiger partial charge in [0.2, 0.25) is 0 Å². The third-order valence-electron chi connectivity index (χ3n) is 8.09. The second kappa shape index (κ2) is 11.2. The monoisotopic (exact) mass is 551 g/mol. The number of benzene rings is 2. The van der Waals surface area contributed by atoms with Crippen LogP contribution in [0.2, 0.25) is 13.1 Å². The van der Waals surface area contributed by atoms with Crippen LogP contribution in [0.1, 0.15) is 86.0 Å². The predicted octanol–water partition coefficient (Wildman–Crippen LogP) is 8.96. The van der Waals surface area contributed by atoms with Crippen molar-refractivity contribution >= 4 is 30.7 Å². The number of nitrogens with one attached hydrogen (secondary N) is 1. The van der Waals surface area contributed by atoms with Gasteiger partial charge in [-0.3, -0.25) is 0 Å². The Balaban J connectivity index is 1.68. The van der Waals surface area contributed by atoms with E-state index in [9.17, 15) is 4.79 Å². The van der Waals surface area contributed by atoms with E-state index in [1.807, 2.05) is 0 Å². The first-order chi connectivity index (χ1) is 16.3. The van der Waals surface area contributed by atoms with Crippen LogP contribution in [0.3, 0.4) is 0 Å². The molecule has 2 aromatic carbocycles. The molecule has 2 aliphatic carbocycles. The van der Waals surface area contributed by atoms with Crippen molar-refractivity contribution in [2.45, 2.75) is 87.9 Å². The van der Waals surface area contributed by atoms with Crippen molar-refractivity contribution in [3.8, 4) is 11.1 Å². The molecule has 0 saturated heterocycles. The second-order valence-electron chi connectivity index (χ2n) is 10.6. The number of halogens is 2. The number of hydrogen-bond acceptors (Lipinski definition) is 1. The van der Waals surface area contributed by atoms with Gasteiger partial charge in [-0.1, -0.05) is 0 Å². The average Bonchev–Trinajstić information content (AvgIpc) is 3.15. The molecule has 1 amide bonds. The molecule has 1 N–H and O–H groups in total. The number of amides is 1. The van der Waals surface area contributed by atoms with Crippen LogP contribution in [0.25, 0.3) is 11.1 Å². The summed E-state index contributed by atoms with van der Waals surface area (Å²) in [5, 5.41) is 0. The Morgan fingerprint density at radius 2 is 1.18 bits per heavy atom. The second-order valence-corrected chi connectivity index (χ2v) is 36.2. The Kier molecular flexibility index (Phi) is 8.74. The topological polar surface area (TPSA) is 29.1 Å². The van der Waals surface area contributed by atoms with Gasteiger partial charge in [-0.2, -0.15) is 0 Å². The van der Waals surface area contributed by atoms with Gasteiger partial charge in [-0.25, -0.2) is 0 Å². The minimum absolute atomic E-state index is 0.0215. The van der Waals surface area contributed by atoms with Crippen molar-refractivity contribution < 1.29 is 17.0 Å². The fourth-order valence-corrected chi connectivity index (χ4v) is 18.9. The first kappa shape index (κ1) is 26.5. The molecule has 0 atom stereocenters. The fourth-order valence-electron chi connectivity index (χ4n) is 5.94.